The van der Waals surface area contributed by atoms with Gasteiger partial charge >= 0.3 is 0 Å². The molecule has 0 saturated heterocycles. The Morgan fingerprint density at radius 3 is 2.55 bits per heavy atom. The van der Waals surface area contributed by atoms with Crippen LogP contribution in [0.2, 0.25) is 0 Å². The highest BCUT2D eigenvalue weighted by molar-refractivity contribution is 5.06. The van der Waals surface area contributed by atoms with Gasteiger partial charge in [0, 0.05) is 0 Å². The van der Waals surface area contributed by atoms with Gasteiger partial charge in [0.15, 0.2) is 6.10 Å². The molecule has 1 aromatic heterocycles. The Morgan fingerprint density at radius 1 is 1.55 bits per heavy atom. The molecule has 0 aromatic carbocycles. The third kappa shape index (κ3) is 1.58. The molecule has 1 heterocycles. The minimum absolute atomic E-state index is 0.183. The largest absolute Gasteiger partial charge is 0.443 e. The van der Waals surface area contributed by atoms with Crippen molar-refractivity contribution in [3.05, 3.63) is 17.3 Å². The SMILES string of the molecule is Cc1nc(C(O)CO)oc1C. The Hall–Kier alpha value is -0.870. The van der Waals surface area contributed by atoms with Crippen molar-refractivity contribution in [2.75, 3.05) is 6.61 Å². The van der Waals surface area contributed by atoms with Gasteiger partial charge in [-0.3, -0.25) is 0 Å². The number of nitrogens with zero attached hydrogens (tertiary/aromatic N) is 1. The topological polar surface area (TPSA) is 66.5 Å². The second kappa shape index (κ2) is 3.02. The van der Waals surface area contributed by atoms with Gasteiger partial charge in [-0.05, 0) is 13.8 Å². The van der Waals surface area contributed by atoms with Crippen LogP contribution in [-0.2, 0) is 0 Å². The highest BCUT2D eigenvalue weighted by atomic mass is 16.4. The molecule has 1 unspecified atom stereocenters. The fraction of sp³-hybridized carbons (Fsp3) is 0.571. The summed E-state index contributed by atoms with van der Waals surface area (Å²) in [5, 5.41) is 17.6. The smallest absolute Gasteiger partial charge is 0.225 e. The van der Waals surface area contributed by atoms with Gasteiger partial charge < -0.3 is 14.6 Å². The molecule has 4 heteroatoms. The lowest BCUT2D eigenvalue weighted by Crippen LogP contribution is -2.02. The van der Waals surface area contributed by atoms with E-state index in [0.29, 0.717) is 5.76 Å². The monoisotopic (exact) mass is 157 g/mol. The van der Waals surface area contributed by atoms with Crippen LogP contribution in [0.5, 0.6) is 0 Å². The van der Waals surface area contributed by atoms with E-state index in [2.05, 4.69) is 4.98 Å². The standard InChI is InChI=1S/C7H11NO3/c1-4-5(2)11-7(8-4)6(10)3-9/h6,9-10H,3H2,1-2H3. The first-order valence-electron chi connectivity index (χ1n) is 3.38. The van der Waals surface area contributed by atoms with E-state index in [0.717, 1.165) is 5.69 Å². The Morgan fingerprint density at radius 2 is 2.18 bits per heavy atom. The lowest BCUT2D eigenvalue weighted by atomic mass is 10.4. The molecule has 0 aliphatic carbocycles. The molecule has 0 saturated carbocycles. The highest BCUT2D eigenvalue weighted by Gasteiger charge is 2.13. The van der Waals surface area contributed by atoms with E-state index in [9.17, 15) is 0 Å². The summed E-state index contributed by atoms with van der Waals surface area (Å²) in [5.41, 5.74) is 0.743. The average Bonchev–Trinajstić information content (AvgIpc) is 2.31. The van der Waals surface area contributed by atoms with E-state index < -0.39 is 6.10 Å². The van der Waals surface area contributed by atoms with Crippen LogP contribution >= 0.6 is 0 Å². The summed E-state index contributed by atoms with van der Waals surface area (Å²) >= 11 is 0. The molecule has 2 N–H and O–H groups in total. The zero-order valence-corrected chi connectivity index (χ0v) is 6.53. The molecule has 62 valence electrons. The Balaban J connectivity index is 2.88. The number of aliphatic hydroxyl groups excluding tert-OH is 2. The van der Waals surface area contributed by atoms with Crippen LogP contribution in [0, 0.1) is 13.8 Å². The maximum atomic E-state index is 9.06. The van der Waals surface area contributed by atoms with Crippen molar-refractivity contribution in [3.8, 4) is 0 Å². The molecule has 0 spiro atoms. The van der Waals surface area contributed by atoms with Gasteiger partial charge in [-0.2, -0.15) is 0 Å². The number of aryl methyl sites for hydroxylation is 2. The van der Waals surface area contributed by atoms with Crippen molar-refractivity contribution in [2.24, 2.45) is 0 Å². The van der Waals surface area contributed by atoms with Crippen molar-refractivity contribution in [1.29, 1.82) is 0 Å². The minimum Gasteiger partial charge on any atom is -0.443 e. The zero-order valence-electron chi connectivity index (χ0n) is 6.53. The van der Waals surface area contributed by atoms with E-state index in [1.165, 1.54) is 0 Å². The summed E-state index contributed by atoms with van der Waals surface area (Å²) in [6, 6.07) is 0. The molecule has 1 aromatic rings. The summed E-state index contributed by atoms with van der Waals surface area (Å²) in [6.45, 7) is 3.18. The fourth-order valence-electron chi connectivity index (χ4n) is 0.718. The number of hydrogen-bond donors (Lipinski definition) is 2. The second-order valence-corrected chi connectivity index (χ2v) is 2.39. The van der Waals surface area contributed by atoms with Gasteiger partial charge in [0.1, 0.15) is 5.76 Å². The number of aromatic nitrogens is 1. The molecule has 1 rings (SSSR count). The van der Waals surface area contributed by atoms with Gasteiger partial charge in [0.25, 0.3) is 0 Å². The van der Waals surface area contributed by atoms with Gasteiger partial charge in [-0.25, -0.2) is 4.98 Å². The first-order valence-corrected chi connectivity index (χ1v) is 3.38. The van der Waals surface area contributed by atoms with Crippen LogP contribution in [0.25, 0.3) is 0 Å². The van der Waals surface area contributed by atoms with E-state index >= 15 is 0 Å². The molecule has 0 aliphatic rings. The summed E-state index contributed by atoms with van der Waals surface area (Å²) in [5.74, 6) is 0.856. The maximum absolute atomic E-state index is 9.06. The zero-order chi connectivity index (χ0) is 8.43. The average molecular weight is 157 g/mol. The van der Waals surface area contributed by atoms with Crippen LogP contribution in [0.3, 0.4) is 0 Å². The number of aliphatic hydroxyl groups is 2. The van der Waals surface area contributed by atoms with Crippen LogP contribution in [-0.4, -0.2) is 21.8 Å². The maximum Gasteiger partial charge on any atom is 0.225 e. The molecule has 0 bridgehead atoms. The fourth-order valence-corrected chi connectivity index (χ4v) is 0.718. The molecular weight excluding hydrogens is 146 g/mol. The van der Waals surface area contributed by atoms with E-state index in [1.54, 1.807) is 13.8 Å². The molecule has 1 atom stereocenters. The molecule has 0 fully saturated rings. The number of hydrogen-bond acceptors (Lipinski definition) is 4. The van der Waals surface area contributed by atoms with Gasteiger partial charge in [-0.1, -0.05) is 0 Å². The second-order valence-electron chi connectivity index (χ2n) is 2.39. The molecule has 4 nitrogen and oxygen atoms in total. The first-order chi connectivity index (χ1) is 5.15. The quantitative estimate of drug-likeness (QED) is 0.648. The Bertz CT molecular complexity index is 224. The lowest BCUT2D eigenvalue weighted by Gasteiger charge is -1.98. The summed E-state index contributed by atoms with van der Waals surface area (Å²) in [4.78, 5) is 3.90. The van der Waals surface area contributed by atoms with Crippen LogP contribution in [0.15, 0.2) is 4.42 Å². The van der Waals surface area contributed by atoms with Gasteiger partial charge in [-0.15, -0.1) is 0 Å². The predicted octanol–water partition coefficient (Wildman–Crippen LogP) is 0.317. The minimum atomic E-state index is -0.998. The summed E-state index contributed by atoms with van der Waals surface area (Å²) in [6.07, 6.45) is -0.998. The highest BCUT2D eigenvalue weighted by Crippen LogP contribution is 2.14. The third-order valence-corrected chi connectivity index (χ3v) is 1.50. The summed E-state index contributed by atoms with van der Waals surface area (Å²) in [7, 11) is 0. The van der Waals surface area contributed by atoms with Crippen molar-refractivity contribution in [1.82, 2.24) is 4.98 Å². The van der Waals surface area contributed by atoms with Crippen LogP contribution < -0.4 is 0 Å². The van der Waals surface area contributed by atoms with Crippen LogP contribution in [0.1, 0.15) is 23.4 Å². The normalized spacial score (nSPS) is 13.5. The third-order valence-electron chi connectivity index (χ3n) is 1.50. The number of rotatable bonds is 2. The van der Waals surface area contributed by atoms with E-state index in [-0.39, 0.29) is 12.5 Å². The van der Waals surface area contributed by atoms with Crippen molar-refractivity contribution in [2.45, 2.75) is 20.0 Å². The molecule has 0 radical (unpaired) electrons. The molecule has 0 aliphatic heterocycles. The Kier molecular flexibility index (Phi) is 2.26. The molecule has 11 heavy (non-hydrogen) atoms. The van der Waals surface area contributed by atoms with Crippen LogP contribution in [0.4, 0.5) is 0 Å². The Labute approximate surface area is 64.5 Å². The molecular formula is C7H11NO3. The van der Waals surface area contributed by atoms with Gasteiger partial charge in [0.05, 0.1) is 12.3 Å². The lowest BCUT2D eigenvalue weighted by molar-refractivity contribution is 0.0725. The number of oxazole rings is 1. The van der Waals surface area contributed by atoms with Crippen molar-refractivity contribution < 1.29 is 14.6 Å². The summed E-state index contributed by atoms with van der Waals surface area (Å²) < 4.78 is 5.05. The van der Waals surface area contributed by atoms with E-state index in [4.69, 9.17) is 14.6 Å². The molecule has 0 amide bonds. The van der Waals surface area contributed by atoms with E-state index in [1.807, 2.05) is 0 Å². The van der Waals surface area contributed by atoms with Crippen molar-refractivity contribution in [3.63, 3.8) is 0 Å². The van der Waals surface area contributed by atoms with Crippen molar-refractivity contribution >= 4 is 0 Å². The predicted molar refractivity (Wildman–Crippen MR) is 38.0 cm³/mol. The first kappa shape index (κ1) is 8.23. The van der Waals surface area contributed by atoms with Gasteiger partial charge in [0.2, 0.25) is 5.89 Å².